The predicted molar refractivity (Wildman–Crippen MR) is 132 cm³/mol. The molecule has 1 fully saturated rings. The van der Waals surface area contributed by atoms with Crippen molar-refractivity contribution in [3.63, 3.8) is 0 Å². The maximum atomic E-state index is 13.1. The van der Waals surface area contributed by atoms with Gasteiger partial charge in [0.15, 0.2) is 0 Å². The molecule has 1 aliphatic rings. The molecule has 0 aromatic heterocycles. The van der Waals surface area contributed by atoms with Gasteiger partial charge in [0.25, 0.3) is 0 Å². The molecular formula is C25H32F3N5O2. The Morgan fingerprint density at radius 3 is 2.06 bits per heavy atom. The Hall–Kier alpha value is -3.11. The standard InChI is InChI=1S/C25H32F3N5O2/c1-3-31-13-15-33(16-14-31)20-11-9-19(10-12-20)29-23(34)17-32(4-2)18-24(35)30-22-8-6-5-7-21(22)25(26,27)28/h5-12H,3-4,13-18H2,1-2H3,(H,29,34)(H,30,35). The second-order valence-electron chi connectivity index (χ2n) is 8.41. The molecule has 2 aromatic rings. The van der Waals surface area contributed by atoms with Crippen molar-refractivity contribution in [3.05, 3.63) is 54.1 Å². The molecule has 190 valence electrons. The fourth-order valence-electron chi connectivity index (χ4n) is 3.99. The summed E-state index contributed by atoms with van der Waals surface area (Å²) in [5.74, 6) is -0.927. The monoisotopic (exact) mass is 491 g/mol. The number of amides is 2. The first kappa shape index (κ1) is 26.5. The number of hydrogen-bond acceptors (Lipinski definition) is 5. The molecule has 0 unspecified atom stereocenters. The topological polar surface area (TPSA) is 67.9 Å². The third kappa shape index (κ3) is 7.69. The second-order valence-corrected chi connectivity index (χ2v) is 8.41. The second kappa shape index (κ2) is 12.0. The van der Waals surface area contributed by atoms with Gasteiger partial charge in [0.05, 0.1) is 24.3 Å². The molecule has 0 saturated carbocycles. The number of nitrogens with zero attached hydrogens (tertiary/aromatic N) is 3. The van der Waals surface area contributed by atoms with Crippen molar-refractivity contribution >= 4 is 28.9 Å². The van der Waals surface area contributed by atoms with Crippen LogP contribution in [0, 0.1) is 0 Å². The summed E-state index contributed by atoms with van der Waals surface area (Å²) in [5, 5.41) is 5.13. The van der Waals surface area contributed by atoms with Crippen LogP contribution in [0.15, 0.2) is 48.5 Å². The average Bonchev–Trinajstić information content (AvgIpc) is 2.83. The first-order valence-corrected chi connectivity index (χ1v) is 11.7. The first-order chi connectivity index (χ1) is 16.7. The van der Waals surface area contributed by atoms with Crippen LogP contribution in [-0.4, -0.2) is 74.0 Å². The fourth-order valence-corrected chi connectivity index (χ4v) is 3.99. The van der Waals surface area contributed by atoms with Crippen LogP contribution in [-0.2, 0) is 15.8 Å². The molecule has 0 aliphatic carbocycles. The van der Waals surface area contributed by atoms with E-state index < -0.39 is 17.6 Å². The number of para-hydroxylation sites is 1. The van der Waals surface area contributed by atoms with Crippen LogP contribution >= 0.6 is 0 Å². The van der Waals surface area contributed by atoms with Gasteiger partial charge < -0.3 is 20.4 Å². The molecule has 1 heterocycles. The number of piperazine rings is 1. The first-order valence-electron chi connectivity index (χ1n) is 11.7. The largest absolute Gasteiger partial charge is 0.418 e. The van der Waals surface area contributed by atoms with E-state index >= 15 is 0 Å². The molecule has 1 aliphatic heterocycles. The van der Waals surface area contributed by atoms with E-state index in [1.54, 1.807) is 11.8 Å². The van der Waals surface area contributed by atoms with E-state index in [0.717, 1.165) is 44.5 Å². The number of rotatable bonds is 9. The van der Waals surface area contributed by atoms with Crippen molar-refractivity contribution < 1.29 is 22.8 Å². The minimum Gasteiger partial charge on any atom is -0.369 e. The van der Waals surface area contributed by atoms with E-state index in [-0.39, 0.29) is 24.7 Å². The number of carbonyl (C=O) groups excluding carboxylic acids is 2. The Bertz CT molecular complexity index is 989. The lowest BCUT2D eigenvalue weighted by atomic mass is 10.1. The molecule has 0 atom stereocenters. The zero-order valence-electron chi connectivity index (χ0n) is 20.1. The van der Waals surface area contributed by atoms with E-state index in [2.05, 4.69) is 27.4 Å². The van der Waals surface area contributed by atoms with Crippen LogP contribution in [0.4, 0.5) is 30.2 Å². The van der Waals surface area contributed by atoms with Crippen molar-refractivity contribution in [3.8, 4) is 0 Å². The Labute approximate surface area is 203 Å². The molecule has 0 radical (unpaired) electrons. The summed E-state index contributed by atoms with van der Waals surface area (Å²) >= 11 is 0. The van der Waals surface area contributed by atoms with Crippen molar-refractivity contribution in [2.45, 2.75) is 20.0 Å². The summed E-state index contributed by atoms with van der Waals surface area (Å²) in [5.41, 5.74) is 0.529. The summed E-state index contributed by atoms with van der Waals surface area (Å²) in [6.45, 7) is 9.06. The highest BCUT2D eigenvalue weighted by Gasteiger charge is 2.33. The van der Waals surface area contributed by atoms with E-state index in [1.807, 2.05) is 24.3 Å². The van der Waals surface area contributed by atoms with E-state index in [0.29, 0.717) is 12.2 Å². The van der Waals surface area contributed by atoms with Crippen molar-refractivity contribution in [1.82, 2.24) is 9.80 Å². The zero-order valence-corrected chi connectivity index (χ0v) is 20.1. The number of likely N-dealkylation sites (N-methyl/N-ethyl adjacent to an activating group) is 2. The molecule has 0 spiro atoms. The molecule has 2 N–H and O–H groups in total. The molecule has 3 rings (SSSR count). The van der Waals surface area contributed by atoms with Gasteiger partial charge in [-0.3, -0.25) is 14.5 Å². The van der Waals surface area contributed by atoms with E-state index in [4.69, 9.17) is 0 Å². The molecule has 1 saturated heterocycles. The van der Waals surface area contributed by atoms with Gasteiger partial charge in [0.1, 0.15) is 0 Å². The maximum Gasteiger partial charge on any atom is 0.418 e. The minimum absolute atomic E-state index is 0.0639. The molecule has 0 bridgehead atoms. The molecule has 35 heavy (non-hydrogen) atoms. The van der Waals surface area contributed by atoms with Gasteiger partial charge in [-0.1, -0.05) is 26.0 Å². The number of halogens is 3. The van der Waals surface area contributed by atoms with Gasteiger partial charge in [-0.2, -0.15) is 13.2 Å². The highest BCUT2D eigenvalue weighted by molar-refractivity contribution is 5.95. The van der Waals surface area contributed by atoms with Crippen molar-refractivity contribution in [1.29, 1.82) is 0 Å². The number of carbonyl (C=O) groups is 2. The Morgan fingerprint density at radius 1 is 0.886 bits per heavy atom. The van der Waals surface area contributed by atoms with E-state index in [9.17, 15) is 22.8 Å². The van der Waals surface area contributed by atoms with Crippen LogP contribution in [0.25, 0.3) is 0 Å². The zero-order chi connectivity index (χ0) is 25.4. The number of nitrogens with one attached hydrogen (secondary N) is 2. The Morgan fingerprint density at radius 2 is 1.49 bits per heavy atom. The number of alkyl halides is 3. The number of benzene rings is 2. The van der Waals surface area contributed by atoms with Crippen LogP contribution in [0.3, 0.4) is 0 Å². The Balaban J connectivity index is 1.50. The third-order valence-electron chi connectivity index (χ3n) is 6.02. The summed E-state index contributed by atoms with van der Waals surface area (Å²) in [6.07, 6.45) is -4.58. The average molecular weight is 492 g/mol. The van der Waals surface area contributed by atoms with Crippen LogP contribution in [0.2, 0.25) is 0 Å². The van der Waals surface area contributed by atoms with Gasteiger partial charge in [0.2, 0.25) is 11.8 Å². The summed E-state index contributed by atoms with van der Waals surface area (Å²) in [4.78, 5) is 31.2. The number of anilines is 3. The quantitative estimate of drug-likeness (QED) is 0.560. The Kier molecular flexibility index (Phi) is 9.11. The van der Waals surface area contributed by atoms with Gasteiger partial charge in [-0.15, -0.1) is 0 Å². The smallest absolute Gasteiger partial charge is 0.369 e. The maximum absolute atomic E-state index is 13.1. The lowest BCUT2D eigenvalue weighted by Gasteiger charge is -2.35. The van der Waals surface area contributed by atoms with Crippen molar-refractivity contribution in [2.75, 3.05) is 67.9 Å². The summed E-state index contributed by atoms with van der Waals surface area (Å²) < 4.78 is 39.4. The molecule has 2 amide bonds. The van der Waals surface area contributed by atoms with Crippen molar-refractivity contribution in [2.24, 2.45) is 0 Å². The lowest BCUT2D eigenvalue weighted by molar-refractivity contribution is -0.137. The highest BCUT2D eigenvalue weighted by Crippen LogP contribution is 2.34. The normalized spacial score (nSPS) is 14.7. The molecule has 10 heteroatoms. The van der Waals surface area contributed by atoms with Gasteiger partial charge in [-0.25, -0.2) is 0 Å². The SMILES string of the molecule is CCN1CCN(c2ccc(NC(=O)CN(CC)CC(=O)Nc3ccccc3C(F)(F)F)cc2)CC1. The fraction of sp³-hybridized carbons (Fsp3) is 0.440. The predicted octanol–water partition coefficient (Wildman–Crippen LogP) is 3.75. The van der Waals surface area contributed by atoms with Gasteiger partial charge >= 0.3 is 6.18 Å². The number of hydrogen-bond donors (Lipinski definition) is 2. The minimum atomic E-state index is -4.58. The molecule has 7 nitrogen and oxygen atoms in total. The highest BCUT2D eigenvalue weighted by atomic mass is 19.4. The summed E-state index contributed by atoms with van der Waals surface area (Å²) in [6, 6.07) is 12.4. The third-order valence-corrected chi connectivity index (χ3v) is 6.02. The van der Waals surface area contributed by atoms with E-state index in [1.165, 1.54) is 18.2 Å². The van der Waals surface area contributed by atoms with Crippen LogP contribution in [0.5, 0.6) is 0 Å². The summed E-state index contributed by atoms with van der Waals surface area (Å²) in [7, 11) is 0. The molecule has 2 aromatic carbocycles. The van der Waals surface area contributed by atoms with Crippen LogP contribution < -0.4 is 15.5 Å². The molecular weight excluding hydrogens is 459 g/mol. The van der Waals surface area contributed by atoms with Gasteiger partial charge in [0, 0.05) is 37.6 Å². The lowest BCUT2D eigenvalue weighted by Crippen LogP contribution is -2.46. The van der Waals surface area contributed by atoms with Crippen LogP contribution in [0.1, 0.15) is 19.4 Å². The van der Waals surface area contributed by atoms with Gasteiger partial charge in [-0.05, 0) is 49.5 Å².